The Labute approximate surface area is 137 Å². The average Bonchev–Trinajstić information content (AvgIpc) is 2.87. The monoisotopic (exact) mass is 317 g/mol. The first-order chi connectivity index (χ1) is 11.1. The van der Waals surface area contributed by atoms with E-state index in [4.69, 9.17) is 4.42 Å². The van der Waals surface area contributed by atoms with Gasteiger partial charge < -0.3 is 14.2 Å². The molecule has 126 valence electrons. The fraction of sp³-hybridized carbons (Fsp3) is 0.611. The zero-order chi connectivity index (χ0) is 16.4. The summed E-state index contributed by atoms with van der Waals surface area (Å²) < 4.78 is 7.05. The summed E-state index contributed by atoms with van der Waals surface area (Å²) in [5.74, 6) is -0.256. The SMILES string of the molecule is CCN1CC[C@@H](N(C)CCn2c(=O)oc3ccccc32)C[C@@H]1C. The van der Waals surface area contributed by atoms with E-state index in [9.17, 15) is 4.79 Å². The van der Waals surface area contributed by atoms with Crippen molar-refractivity contribution >= 4 is 11.1 Å². The van der Waals surface area contributed by atoms with Gasteiger partial charge in [0.15, 0.2) is 5.58 Å². The molecule has 0 spiro atoms. The molecule has 0 aliphatic carbocycles. The maximum absolute atomic E-state index is 12.0. The van der Waals surface area contributed by atoms with Crippen LogP contribution in [0.1, 0.15) is 26.7 Å². The molecule has 1 aliphatic heterocycles. The largest absolute Gasteiger partial charge is 0.419 e. The van der Waals surface area contributed by atoms with Crippen molar-refractivity contribution in [3.05, 3.63) is 34.8 Å². The van der Waals surface area contributed by atoms with E-state index in [1.807, 2.05) is 24.3 Å². The second-order valence-electron chi connectivity index (χ2n) is 6.62. The van der Waals surface area contributed by atoms with Crippen LogP contribution in [0.4, 0.5) is 0 Å². The number of likely N-dealkylation sites (tertiary alicyclic amines) is 1. The molecule has 1 aromatic heterocycles. The van der Waals surface area contributed by atoms with Crippen molar-refractivity contribution in [3.8, 4) is 0 Å². The van der Waals surface area contributed by atoms with Gasteiger partial charge in [0.05, 0.1) is 5.52 Å². The van der Waals surface area contributed by atoms with Crippen LogP contribution in [-0.4, -0.2) is 53.1 Å². The van der Waals surface area contributed by atoms with Crippen LogP contribution in [0.2, 0.25) is 0 Å². The summed E-state index contributed by atoms with van der Waals surface area (Å²) in [7, 11) is 2.17. The Balaban J connectivity index is 1.64. The predicted octanol–water partition coefficient (Wildman–Crippen LogP) is 2.40. The van der Waals surface area contributed by atoms with Crippen LogP contribution in [0.3, 0.4) is 0 Å². The number of para-hydroxylation sites is 2. The van der Waals surface area contributed by atoms with E-state index in [1.165, 1.54) is 19.4 Å². The maximum atomic E-state index is 12.0. The van der Waals surface area contributed by atoms with Crippen LogP contribution >= 0.6 is 0 Å². The Morgan fingerprint density at radius 3 is 2.87 bits per heavy atom. The van der Waals surface area contributed by atoms with Gasteiger partial charge in [0, 0.05) is 25.2 Å². The molecule has 0 radical (unpaired) electrons. The maximum Gasteiger partial charge on any atom is 0.419 e. The predicted molar refractivity (Wildman–Crippen MR) is 92.8 cm³/mol. The molecule has 5 heteroatoms. The van der Waals surface area contributed by atoms with Gasteiger partial charge in [0.1, 0.15) is 0 Å². The number of rotatable bonds is 5. The number of aromatic nitrogens is 1. The number of oxazole rings is 1. The van der Waals surface area contributed by atoms with Crippen molar-refractivity contribution in [1.82, 2.24) is 14.4 Å². The van der Waals surface area contributed by atoms with E-state index in [1.54, 1.807) is 4.57 Å². The molecule has 0 N–H and O–H groups in total. The highest BCUT2D eigenvalue weighted by Gasteiger charge is 2.26. The van der Waals surface area contributed by atoms with Gasteiger partial charge in [-0.05, 0) is 52.0 Å². The summed E-state index contributed by atoms with van der Waals surface area (Å²) in [4.78, 5) is 17.0. The number of nitrogens with zero attached hydrogens (tertiary/aromatic N) is 3. The molecule has 2 heterocycles. The molecule has 1 saturated heterocycles. The molecule has 1 aromatic carbocycles. The molecule has 1 fully saturated rings. The van der Waals surface area contributed by atoms with E-state index >= 15 is 0 Å². The lowest BCUT2D eigenvalue weighted by Crippen LogP contribution is -2.48. The molecule has 2 aromatic rings. The Morgan fingerprint density at radius 1 is 1.35 bits per heavy atom. The first kappa shape index (κ1) is 16.3. The van der Waals surface area contributed by atoms with Crippen LogP contribution in [0.5, 0.6) is 0 Å². The Kier molecular flexibility index (Phi) is 4.87. The van der Waals surface area contributed by atoms with Crippen LogP contribution in [-0.2, 0) is 6.54 Å². The van der Waals surface area contributed by atoms with Crippen LogP contribution < -0.4 is 5.76 Å². The number of likely N-dealkylation sites (N-methyl/N-ethyl adjacent to an activating group) is 1. The molecular weight excluding hydrogens is 290 g/mol. The van der Waals surface area contributed by atoms with Crippen molar-refractivity contribution in [2.75, 3.05) is 26.7 Å². The average molecular weight is 317 g/mol. The molecule has 5 nitrogen and oxygen atoms in total. The van der Waals surface area contributed by atoms with Gasteiger partial charge in [0.2, 0.25) is 0 Å². The first-order valence-corrected chi connectivity index (χ1v) is 8.62. The smallest absolute Gasteiger partial charge is 0.408 e. The fourth-order valence-corrected chi connectivity index (χ4v) is 3.73. The minimum Gasteiger partial charge on any atom is -0.408 e. The van der Waals surface area contributed by atoms with Gasteiger partial charge in [-0.25, -0.2) is 4.79 Å². The summed E-state index contributed by atoms with van der Waals surface area (Å²) in [5.41, 5.74) is 1.56. The van der Waals surface area contributed by atoms with Crippen molar-refractivity contribution in [1.29, 1.82) is 0 Å². The van der Waals surface area contributed by atoms with Gasteiger partial charge in [-0.15, -0.1) is 0 Å². The third-order valence-electron chi connectivity index (χ3n) is 5.27. The zero-order valence-electron chi connectivity index (χ0n) is 14.4. The van der Waals surface area contributed by atoms with Gasteiger partial charge in [-0.3, -0.25) is 4.57 Å². The first-order valence-electron chi connectivity index (χ1n) is 8.62. The molecule has 2 atom stereocenters. The zero-order valence-corrected chi connectivity index (χ0v) is 14.4. The van der Waals surface area contributed by atoms with Crippen molar-refractivity contribution in [3.63, 3.8) is 0 Å². The summed E-state index contributed by atoms with van der Waals surface area (Å²) in [6, 6.07) is 8.87. The lowest BCUT2D eigenvalue weighted by molar-refractivity contribution is 0.0879. The minimum absolute atomic E-state index is 0.256. The van der Waals surface area contributed by atoms with E-state index < -0.39 is 0 Å². The van der Waals surface area contributed by atoms with E-state index in [-0.39, 0.29) is 5.76 Å². The molecule has 23 heavy (non-hydrogen) atoms. The third kappa shape index (κ3) is 3.35. The molecule has 0 amide bonds. The third-order valence-corrected chi connectivity index (χ3v) is 5.27. The van der Waals surface area contributed by atoms with Gasteiger partial charge in [-0.2, -0.15) is 0 Å². The molecule has 0 bridgehead atoms. The molecule has 0 saturated carbocycles. The topological polar surface area (TPSA) is 41.6 Å². The van der Waals surface area contributed by atoms with Gasteiger partial charge in [-0.1, -0.05) is 19.1 Å². The van der Waals surface area contributed by atoms with Crippen LogP contribution in [0.25, 0.3) is 11.1 Å². The van der Waals surface area contributed by atoms with E-state index in [2.05, 4.69) is 30.7 Å². The number of fused-ring (bicyclic) bond motifs is 1. The minimum atomic E-state index is -0.256. The lowest BCUT2D eigenvalue weighted by Gasteiger charge is -2.40. The summed E-state index contributed by atoms with van der Waals surface area (Å²) in [6.07, 6.45) is 2.40. The Morgan fingerprint density at radius 2 is 2.13 bits per heavy atom. The van der Waals surface area contributed by atoms with Crippen molar-refractivity contribution < 1.29 is 4.42 Å². The highest BCUT2D eigenvalue weighted by atomic mass is 16.4. The second-order valence-corrected chi connectivity index (χ2v) is 6.62. The van der Waals surface area contributed by atoms with Gasteiger partial charge >= 0.3 is 5.76 Å². The van der Waals surface area contributed by atoms with Crippen molar-refractivity contribution in [2.45, 2.75) is 45.3 Å². The van der Waals surface area contributed by atoms with Gasteiger partial charge in [0.25, 0.3) is 0 Å². The second kappa shape index (κ2) is 6.89. The normalized spacial score (nSPS) is 23.0. The fourth-order valence-electron chi connectivity index (χ4n) is 3.73. The number of benzene rings is 1. The summed E-state index contributed by atoms with van der Waals surface area (Å²) in [5, 5.41) is 0. The standard InChI is InChI=1S/C18H27N3O2/c1-4-20-10-9-15(13-14(20)2)19(3)11-12-21-16-7-5-6-8-17(16)23-18(21)22/h5-8,14-15H,4,9-13H2,1-3H3/t14-,15+/m0/s1. The molecule has 1 aliphatic rings. The lowest BCUT2D eigenvalue weighted by atomic mass is 9.97. The molecule has 0 unspecified atom stereocenters. The molecule has 3 rings (SSSR count). The van der Waals surface area contributed by atoms with E-state index in [0.717, 1.165) is 18.6 Å². The highest BCUT2D eigenvalue weighted by molar-refractivity contribution is 5.72. The van der Waals surface area contributed by atoms with Crippen LogP contribution in [0, 0.1) is 0 Å². The highest BCUT2D eigenvalue weighted by Crippen LogP contribution is 2.21. The number of piperidine rings is 1. The Bertz CT molecular complexity index is 706. The summed E-state index contributed by atoms with van der Waals surface area (Å²) in [6.45, 7) is 8.39. The quantitative estimate of drug-likeness (QED) is 0.849. The van der Waals surface area contributed by atoms with E-state index in [0.29, 0.717) is 24.2 Å². The Hall–Kier alpha value is -1.59. The number of hydrogen-bond acceptors (Lipinski definition) is 4. The van der Waals surface area contributed by atoms with Crippen LogP contribution in [0.15, 0.2) is 33.5 Å². The summed E-state index contributed by atoms with van der Waals surface area (Å²) >= 11 is 0. The van der Waals surface area contributed by atoms with Crippen molar-refractivity contribution in [2.24, 2.45) is 0 Å². The number of hydrogen-bond donors (Lipinski definition) is 0. The molecular formula is C18H27N3O2.